The van der Waals surface area contributed by atoms with Crippen molar-refractivity contribution in [3.05, 3.63) is 35.4 Å². The summed E-state index contributed by atoms with van der Waals surface area (Å²) in [6.07, 6.45) is -4.59. The molecule has 1 aromatic carbocycles. The molecule has 1 heterocycles. The van der Waals surface area contributed by atoms with Crippen LogP contribution in [-0.4, -0.2) is 11.9 Å². The highest BCUT2D eigenvalue weighted by Gasteiger charge is 2.48. The molecule has 0 saturated carbocycles. The Morgan fingerprint density at radius 3 is 2.28 bits per heavy atom. The van der Waals surface area contributed by atoms with Gasteiger partial charge in [0.2, 0.25) is 0 Å². The first-order chi connectivity index (χ1) is 8.25. The number of carbonyl (C=O) groups excluding carboxylic acids is 2. The fraction of sp³-hybridized carbons (Fsp3) is 0.273. The standard InChI is InChI=1S/C11H9F3N2O2/c1-10(8(17)15-9(18)16-10)6-4-2-3-5-7(6)11(12,13)14/h2-5H,1H3,(H2,15,16,17,18)/t10-/m0/s1. The molecule has 1 saturated heterocycles. The van der Waals surface area contributed by atoms with Crippen molar-refractivity contribution in [3.63, 3.8) is 0 Å². The summed E-state index contributed by atoms with van der Waals surface area (Å²) in [4.78, 5) is 22.7. The number of benzene rings is 1. The van der Waals surface area contributed by atoms with Gasteiger partial charge in [-0.15, -0.1) is 0 Å². The SMILES string of the molecule is C[C@@]1(c2ccccc2C(F)(F)F)NC(=O)NC1=O. The molecule has 0 spiro atoms. The summed E-state index contributed by atoms with van der Waals surface area (Å²) in [5.74, 6) is -0.802. The predicted octanol–water partition coefficient (Wildman–Crippen LogP) is 1.76. The Bertz CT molecular complexity index is 527. The molecular formula is C11H9F3N2O2. The lowest BCUT2D eigenvalue weighted by molar-refractivity contribution is -0.139. The van der Waals surface area contributed by atoms with Crippen molar-refractivity contribution in [2.45, 2.75) is 18.6 Å². The van der Waals surface area contributed by atoms with Crippen LogP contribution in [0.2, 0.25) is 0 Å². The van der Waals surface area contributed by atoms with Gasteiger partial charge >= 0.3 is 12.2 Å². The minimum absolute atomic E-state index is 0.277. The molecule has 7 heteroatoms. The van der Waals surface area contributed by atoms with E-state index in [1.165, 1.54) is 25.1 Å². The summed E-state index contributed by atoms with van der Waals surface area (Å²) in [5.41, 5.74) is -2.92. The van der Waals surface area contributed by atoms with E-state index in [1.807, 2.05) is 5.32 Å². The van der Waals surface area contributed by atoms with Gasteiger partial charge in [-0.3, -0.25) is 10.1 Å². The van der Waals surface area contributed by atoms with Gasteiger partial charge in [0, 0.05) is 0 Å². The molecule has 2 rings (SSSR count). The van der Waals surface area contributed by atoms with Gasteiger partial charge in [-0.25, -0.2) is 4.79 Å². The number of hydrogen-bond acceptors (Lipinski definition) is 2. The molecule has 1 atom stereocenters. The Hall–Kier alpha value is -2.05. The van der Waals surface area contributed by atoms with Crippen LogP contribution in [0.25, 0.3) is 0 Å². The number of halogens is 3. The second kappa shape index (κ2) is 3.72. The maximum atomic E-state index is 12.9. The van der Waals surface area contributed by atoms with E-state index < -0.39 is 29.2 Å². The van der Waals surface area contributed by atoms with E-state index in [-0.39, 0.29) is 5.56 Å². The Morgan fingerprint density at radius 2 is 1.78 bits per heavy atom. The van der Waals surface area contributed by atoms with Gasteiger partial charge < -0.3 is 5.32 Å². The van der Waals surface area contributed by atoms with Crippen LogP contribution >= 0.6 is 0 Å². The Kier molecular flexibility index (Phi) is 2.57. The van der Waals surface area contributed by atoms with E-state index in [0.717, 1.165) is 6.07 Å². The molecule has 0 radical (unpaired) electrons. The molecule has 4 nitrogen and oxygen atoms in total. The zero-order chi connectivity index (χ0) is 13.6. The minimum atomic E-state index is -4.59. The normalized spacial score (nSPS) is 23.8. The van der Waals surface area contributed by atoms with Crippen molar-refractivity contribution in [1.82, 2.24) is 10.6 Å². The van der Waals surface area contributed by atoms with Gasteiger partial charge in [0.05, 0.1) is 5.56 Å². The molecule has 1 aliphatic heterocycles. The third-order valence-electron chi connectivity index (χ3n) is 2.82. The second-order valence-corrected chi connectivity index (χ2v) is 4.08. The van der Waals surface area contributed by atoms with Crippen LogP contribution in [0.1, 0.15) is 18.1 Å². The van der Waals surface area contributed by atoms with Crippen LogP contribution < -0.4 is 10.6 Å². The topological polar surface area (TPSA) is 58.2 Å². The lowest BCUT2D eigenvalue weighted by atomic mass is 9.88. The summed E-state index contributed by atoms with van der Waals surface area (Å²) in [6.45, 7) is 1.23. The van der Waals surface area contributed by atoms with Gasteiger partial charge in [0.1, 0.15) is 5.54 Å². The molecule has 0 bridgehead atoms. The number of rotatable bonds is 1. The van der Waals surface area contributed by atoms with Gasteiger partial charge in [-0.1, -0.05) is 18.2 Å². The van der Waals surface area contributed by atoms with Crippen LogP contribution in [0.15, 0.2) is 24.3 Å². The highest BCUT2D eigenvalue weighted by molar-refractivity contribution is 6.07. The van der Waals surface area contributed by atoms with E-state index in [0.29, 0.717) is 0 Å². The van der Waals surface area contributed by atoms with Crippen molar-refractivity contribution in [1.29, 1.82) is 0 Å². The summed E-state index contributed by atoms with van der Waals surface area (Å²) in [5, 5.41) is 4.14. The largest absolute Gasteiger partial charge is 0.416 e. The smallest absolute Gasteiger partial charge is 0.320 e. The van der Waals surface area contributed by atoms with Crippen LogP contribution in [0.4, 0.5) is 18.0 Å². The number of urea groups is 1. The molecule has 1 aliphatic rings. The number of hydrogen-bond donors (Lipinski definition) is 2. The first kappa shape index (κ1) is 12.4. The third kappa shape index (κ3) is 1.81. The van der Waals surface area contributed by atoms with Crippen molar-refractivity contribution in [3.8, 4) is 0 Å². The van der Waals surface area contributed by atoms with Crippen molar-refractivity contribution in [2.75, 3.05) is 0 Å². The van der Waals surface area contributed by atoms with Gasteiger partial charge in [0.25, 0.3) is 5.91 Å². The fourth-order valence-electron chi connectivity index (χ4n) is 1.90. The highest BCUT2D eigenvalue weighted by atomic mass is 19.4. The lowest BCUT2D eigenvalue weighted by Crippen LogP contribution is -2.42. The van der Waals surface area contributed by atoms with Gasteiger partial charge in [-0.05, 0) is 18.6 Å². The molecule has 96 valence electrons. The van der Waals surface area contributed by atoms with Gasteiger partial charge in [0.15, 0.2) is 0 Å². The van der Waals surface area contributed by atoms with E-state index >= 15 is 0 Å². The third-order valence-corrected chi connectivity index (χ3v) is 2.82. The first-order valence-corrected chi connectivity index (χ1v) is 5.05. The quantitative estimate of drug-likeness (QED) is 0.754. The van der Waals surface area contributed by atoms with E-state index in [2.05, 4.69) is 5.32 Å². The molecule has 1 fully saturated rings. The summed E-state index contributed by atoms with van der Waals surface area (Å²) in [7, 11) is 0. The molecule has 2 N–H and O–H groups in total. The van der Waals surface area contributed by atoms with Crippen molar-refractivity contribution in [2.24, 2.45) is 0 Å². The van der Waals surface area contributed by atoms with Gasteiger partial charge in [-0.2, -0.15) is 13.2 Å². The number of carbonyl (C=O) groups is 2. The maximum absolute atomic E-state index is 12.9. The van der Waals surface area contributed by atoms with E-state index in [9.17, 15) is 22.8 Å². The second-order valence-electron chi connectivity index (χ2n) is 4.08. The molecule has 0 unspecified atom stereocenters. The predicted molar refractivity (Wildman–Crippen MR) is 55.5 cm³/mol. The Morgan fingerprint density at radius 1 is 1.17 bits per heavy atom. The molecule has 0 aromatic heterocycles. The average Bonchev–Trinajstić information content (AvgIpc) is 2.52. The lowest BCUT2D eigenvalue weighted by Gasteiger charge is -2.24. The maximum Gasteiger partial charge on any atom is 0.416 e. The number of nitrogens with one attached hydrogen (secondary N) is 2. The van der Waals surface area contributed by atoms with E-state index in [1.54, 1.807) is 0 Å². The van der Waals surface area contributed by atoms with Crippen LogP contribution in [0, 0.1) is 0 Å². The minimum Gasteiger partial charge on any atom is -0.320 e. The molecule has 18 heavy (non-hydrogen) atoms. The van der Waals surface area contributed by atoms with Crippen molar-refractivity contribution < 1.29 is 22.8 Å². The van der Waals surface area contributed by atoms with Crippen LogP contribution in [-0.2, 0) is 16.5 Å². The fourth-order valence-corrected chi connectivity index (χ4v) is 1.90. The average molecular weight is 258 g/mol. The number of imide groups is 1. The van der Waals surface area contributed by atoms with Crippen LogP contribution in [0.3, 0.4) is 0 Å². The van der Waals surface area contributed by atoms with E-state index in [4.69, 9.17) is 0 Å². The zero-order valence-corrected chi connectivity index (χ0v) is 9.26. The monoisotopic (exact) mass is 258 g/mol. The molecule has 3 amide bonds. The number of alkyl halides is 3. The first-order valence-electron chi connectivity index (χ1n) is 5.05. The highest BCUT2D eigenvalue weighted by Crippen LogP contribution is 2.37. The summed E-state index contributed by atoms with van der Waals surface area (Å²) >= 11 is 0. The summed E-state index contributed by atoms with van der Waals surface area (Å²) in [6, 6.07) is 3.85. The molecular weight excluding hydrogens is 249 g/mol. The van der Waals surface area contributed by atoms with Crippen LogP contribution in [0.5, 0.6) is 0 Å². The molecule has 0 aliphatic carbocycles. The zero-order valence-electron chi connectivity index (χ0n) is 9.26. The molecule has 1 aromatic rings. The Labute approximate surface area is 100 Å². The summed E-state index contributed by atoms with van der Waals surface area (Å²) < 4.78 is 38.6. The van der Waals surface area contributed by atoms with Crippen molar-refractivity contribution >= 4 is 11.9 Å². The number of amides is 3. The Balaban J connectivity index is 2.59.